The Balaban J connectivity index is 1.88. The molecule has 0 aliphatic heterocycles. The zero-order valence-electron chi connectivity index (χ0n) is 17.5. The van der Waals surface area contributed by atoms with Crippen molar-refractivity contribution in [3.63, 3.8) is 0 Å². The van der Waals surface area contributed by atoms with Gasteiger partial charge in [0.1, 0.15) is 23.1 Å². The van der Waals surface area contributed by atoms with E-state index in [9.17, 15) is 17.6 Å². The number of carbonyl (C=O) groups is 1. The van der Waals surface area contributed by atoms with Crippen LogP contribution in [0.1, 0.15) is 10.4 Å². The average molecular weight is 460 g/mol. The second kappa shape index (κ2) is 9.56. The summed E-state index contributed by atoms with van der Waals surface area (Å²) in [7, 11) is 0.291. The number of hydrogen-bond donors (Lipinski definition) is 2. The van der Waals surface area contributed by atoms with E-state index in [0.29, 0.717) is 17.2 Å². The minimum atomic E-state index is -4.02. The highest BCUT2D eigenvalue weighted by molar-refractivity contribution is 7.92. The van der Waals surface area contributed by atoms with Gasteiger partial charge in [-0.15, -0.1) is 0 Å². The number of ether oxygens (including phenoxy) is 3. The summed E-state index contributed by atoms with van der Waals surface area (Å²) in [5.41, 5.74) is 0.666. The maximum Gasteiger partial charge on any atom is 0.262 e. The number of methoxy groups -OCH3 is 3. The van der Waals surface area contributed by atoms with E-state index in [0.717, 1.165) is 24.3 Å². The highest BCUT2D eigenvalue weighted by Gasteiger charge is 2.19. The molecule has 1 amide bonds. The van der Waals surface area contributed by atoms with Crippen molar-refractivity contribution in [3.8, 4) is 17.2 Å². The van der Waals surface area contributed by atoms with Crippen LogP contribution in [0.25, 0.3) is 0 Å². The molecule has 0 aromatic heterocycles. The number of carbonyl (C=O) groups excluding carboxylic acids is 1. The Kier molecular flexibility index (Phi) is 6.84. The first-order valence-electron chi connectivity index (χ1n) is 9.27. The number of anilines is 2. The zero-order valence-corrected chi connectivity index (χ0v) is 18.3. The molecule has 0 saturated carbocycles. The quantitative estimate of drug-likeness (QED) is 0.529. The van der Waals surface area contributed by atoms with Crippen molar-refractivity contribution in [1.29, 1.82) is 0 Å². The standard InChI is InChI=1S/C22H21FN2O6S/c1-29-16-7-10-18(21(13-16)31-3)22(26)24-15-6-11-20(30-2)19(12-15)25-32(27,28)17-8-4-14(23)5-9-17/h4-13,25H,1-3H3,(H,24,26). The summed E-state index contributed by atoms with van der Waals surface area (Å²) in [6, 6.07) is 13.6. The number of hydrogen-bond acceptors (Lipinski definition) is 6. The summed E-state index contributed by atoms with van der Waals surface area (Å²) in [4.78, 5) is 12.6. The van der Waals surface area contributed by atoms with Gasteiger partial charge in [-0.25, -0.2) is 12.8 Å². The molecule has 0 aliphatic rings. The Labute approximate surface area is 185 Å². The molecule has 32 heavy (non-hydrogen) atoms. The minimum absolute atomic E-state index is 0.0938. The minimum Gasteiger partial charge on any atom is -0.497 e. The number of halogens is 1. The Morgan fingerprint density at radius 3 is 2.16 bits per heavy atom. The van der Waals surface area contributed by atoms with Crippen LogP contribution >= 0.6 is 0 Å². The summed E-state index contributed by atoms with van der Waals surface area (Å²) in [6.07, 6.45) is 0. The Hall–Kier alpha value is -3.79. The number of benzene rings is 3. The van der Waals surface area contributed by atoms with E-state index in [1.165, 1.54) is 33.5 Å². The third kappa shape index (κ3) is 5.09. The summed E-state index contributed by atoms with van der Waals surface area (Å²) >= 11 is 0. The SMILES string of the molecule is COc1ccc(C(=O)Nc2ccc(OC)c(NS(=O)(=O)c3ccc(F)cc3)c2)c(OC)c1. The van der Waals surface area contributed by atoms with Gasteiger partial charge >= 0.3 is 0 Å². The van der Waals surface area contributed by atoms with Gasteiger partial charge in [0.25, 0.3) is 15.9 Å². The van der Waals surface area contributed by atoms with Crippen LogP contribution in [0.4, 0.5) is 15.8 Å². The topological polar surface area (TPSA) is 103 Å². The van der Waals surface area contributed by atoms with Gasteiger partial charge < -0.3 is 19.5 Å². The molecule has 0 atom stereocenters. The second-order valence-electron chi connectivity index (χ2n) is 6.49. The Morgan fingerprint density at radius 2 is 1.53 bits per heavy atom. The molecule has 3 aromatic carbocycles. The highest BCUT2D eigenvalue weighted by Crippen LogP contribution is 2.31. The molecular formula is C22H21FN2O6S. The smallest absolute Gasteiger partial charge is 0.262 e. The summed E-state index contributed by atoms with van der Waals surface area (Å²) in [5, 5.41) is 2.70. The molecule has 0 aliphatic carbocycles. The van der Waals surface area contributed by atoms with Gasteiger partial charge in [0.2, 0.25) is 0 Å². The molecule has 168 valence electrons. The van der Waals surface area contributed by atoms with E-state index in [4.69, 9.17) is 14.2 Å². The molecule has 0 saturated heterocycles. The summed E-state index contributed by atoms with van der Waals surface area (Å²) in [6.45, 7) is 0. The van der Waals surface area contributed by atoms with Crippen LogP contribution in [0.15, 0.2) is 65.6 Å². The van der Waals surface area contributed by atoms with E-state index in [-0.39, 0.29) is 21.9 Å². The van der Waals surface area contributed by atoms with Crippen LogP contribution in [-0.4, -0.2) is 35.7 Å². The monoisotopic (exact) mass is 460 g/mol. The molecule has 0 radical (unpaired) electrons. The first kappa shape index (κ1) is 22.9. The fraction of sp³-hybridized carbons (Fsp3) is 0.136. The van der Waals surface area contributed by atoms with Crippen LogP contribution in [0.2, 0.25) is 0 Å². The van der Waals surface area contributed by atoms with Gasteiger partial charge in [-0.3, -0.25) is 9.52 Å². The van der Waals surface area contributed by atoms with Crippen molar-refractivity contribution in [2.75, 3.05) is 31.4 Å². The Morgan fingerprint density at radius 1 is 0.844 bits per heavy atom. The number of nitrogens with one attached hydrogen (secondary N) is 2. The third-order valence-corrected chi connectivity index (χ3v) is 5.86. The van der Waals surface area contributed by atoms with Crippen molar-refractivity contribution < 1.29 is 31.8 Å². The van der Waals surface area contributed by atoms with Gasteiger partial charge in [-0.2, -0.15) is 0 Å². The van der Waals surface area contributed by atoms with Gasteiger partial charge in [0.15, 0.2) is 0 Å². The Bertz CT molecular complexity index is 1230. The van der Waals surface area contributed by atoms with E-state index >= 15 is 0 Å². The van der Waals surface area contributed by atoms with Crippen LogP contribution in [0, 0.1) is 5.82 Å². The molecule has 3 rings (SSSR count). The van der Waals surface area contributed by atoms with Crippen molar-refractivity contribution in [2.24, 2.45) is 0 Å². The molecule has 0 unspecified atom stereocenters. The van der Waals surface area contributed by atoms with Crippen molar-refractivity contribution >= 4 is 27.3 Å². The van der Waals surface area contributed by atoms with E-state index in [1.807, 2.05) is 0 Å². The number of amides is 1. The van der Waals surface area contributed by atoms with Crippen molar-refractivity contribution in [2.45, 2.75) is 4.90 Å². The van der Waals surface area contributed by atoms with Gasteiger partial charge in [-0.1, -0.05) is 0 Å². The van der Waals surface area contributed by atoms with E-state index < -0.39 is 21.7 Å². The van der Waals surface area contributed by atoms with Gasteiger partial charge in [0.05, 0.1) is 37.5 Å². The maximum absolute atomic E-state index is 13.1. The lowest BCUT2D eigenvalue weighted by atomic mass is 10.1. The van der Waals surface area contributed by atoms with Crippen LogP contribution in [0.3, 0.4) is 0 Å². The first-order chi connectivity index (χ1) is 15.3. The molecule has 8 nitrogen and oxygen atoms in total. The van der Waals surface area contributed by atoms with Crippen LogP contribution < -0.4 is 24.2 Å². The fourth-order valence-electron chi connectivity index (χ4n) is 2.87. The number of sulfonamides is 1. The molecule has 3 aromatic rings. The third-order valence-electron chi connectivity index (χ3n) is 4.48. The van der Waals surface area contributed by atoms with Gasteiger partial charge in [-0.05, 0) is 54.6 Å². The molecule has 2 N–H and O–H groups in total. The van der Waals surface area contributed by atoms with Crippen LogP contribution in [-0.2, 0) is 10.0 Å². The largest absolute Gasteiger partial charge is 0.497 e. The zero-order chi connectivity index (χ0) is 23.3. The maximum atomic E-state index is 13.1. The van der Waals surface area contributed by atoms with Crippen LogP contribution in [0.5, 0.6) is 17.2 Å². The lowest BCUT2D eigenvalue weighted by molar-refractivity contribution is 0.102. The molecule has 0 spiro atoms. The fourth-order valence-corrected chi connectivity index (χ4v) is 3.93. The summed E-state index contributed by atoms with van der Waals surface area (Å²) < 4.78 is 56.5. The summed E-state index contributed by atoms with van der Waals surface area (Å²) in [5.74, 6) is 0.0471. The average Bonchev–Trinajstić information content (AvgIpc) is 2.78. The molecule has 10 heteroatoms. The van der Waals surface area contributed by atoms with E-state index in [2.05, 4.69) is 10.0 Å². The first-order valence-corrected chi connectivity index (χ1v) is 10.8. The van der Waals surface area contributed by atoms with Crippen molar-refractivity contribution in [1.82, 2.24) is 0 Å². The lowest BCUT2D eigenvalue weighted by Gasteiger charge is -2.15. The predicted octanol–water partition coefficient (Wildman–Crippen LogP) is 3.90. The molecule has 0 bridgehead atoms. The van der Waals surface area contributed by atoms with E-state index in [1.54, 1.807) is 24.3 Å². The molecule has 0 fully saturated rings. The normalized spacial score (nSPS) is 10.9. The van der Waals surface area contributed by atoms with Gasteiger partial charge in [0, 0.05) is 11.8 Å². The van der Waals surface area contributed by atoms with Crippen molar-refractivity contribution in [3.05, 3.63) is 72.0 Å². The number of rotatable bonds is 8. The molecule has 0 heterocycles. The predicted molar refractivity (Wildman–Crippen MR) is 118 cm³/mol. The lowest BCUT2D eigenvalue weighted by Crippen LogP contribution is -2.15. The molecular weight excluding hydrogens is 439 g/mol. The highest BCUT2D eigenvalue weighted by atomic mass is 32.2. The second-order valence-corrected chi connectivity index (χ2v) is 8.18.